The lowest BCUT2D eigenvalue weighted by Crippen LogP contribution is -2.39. The number of aryl methyl sites for hydroxylation is 1. The molecule has 0 radical (unpaired) electrons. The molecule has 0 amide bonds. The Hall–Kier alpha value is -2.00. The lowest BCUT2D eigenvalue weighted by molar-refractivity contribution is 0.310. The zero-order valence-electron chi connectivity index (χ0n) is 19.0. The Kier molecular flexibility index (Phi) is 12.2. The van der Waals surface area contributed by atoms with Crippen LogP contribution in [0.25, 0.3) is 0 Å². The van der Waals surface area contributed by atoms with Crippen LogP contribution in [0.3, 0.4) is 0 Å². The minimum absolute atomic E-state index is 0.489. The van der Waals surface area contributed by atoms with E-state index in [1.165, 1.54) is 16.1 Å². The summed E-state index contributed by atoms with van der Waals surface area (Å²) in [5.41, 5.74) is 1.19. The summed E-state index contributed by atoms with van der Waals surface area (Å²) >= 11 is 0. The van der Waals surface area contributed by atoms with Gasteiger partial charge in [0.2, 0.25) is 10.0 Å². The van der Waals surface area contributed by atoms with Gasteiger partial charge in [0.1, 0.15) is 0 Å². The summed E-state index contributed by atoms with van der Waals surface area (Å²) in [6.45, 7) is 9.53. The van der Waals surface area contributed by atoms with Gasteiger partial charge in [-0.3, -0.25) is 4.99 Å². The molecule has 0 spiro atoms. The fraction of sp³-hybridized carbons (Fsp3) is 0.667. The van der Waals surface area contributed by atoms with E-state index in [1.807, 2.05) is 32.9 Å². The van der Waals surface area contributed by atoms with E-state index in [4.69, 9.17) is 9.47 Å². The number of guanidine groups is 1. The highest BCUT2D eigenvalue weighted by molar-refractivity contribution is 7.88. The van der Waals surface area contributed by atoms with Crippen LogP contribution >= 0.6 is 0 Å². The van der Waals surface area contributed by atoms with Crippen LogP contribution in [0.1, 0.15) is 39.2 Å². The minimum atomic E-state index is -3.14. The van der Waals surface area contributed by atoms with Crippen LogP contribution in [0.2, 0.25) is 0 Å². The number of aliphatic imine (C=N–C) groups is 1. The van der Waals surface area contributed by atoms with Crippen molar-refractivity contribution in [2.45, 2.75) is 40.0 Å². The maximum Gasteiger partial charge on any atom is 0.211 e. The van der Waals surface area contributed by atoms with Crippen molar-refractivity contribution in [2.24, 2.45) is 4.99 Å². The number of nitrogens with zero attached hydrogens (tertiary/aromatic N) is 2. The van der Waals surface area contributed by atoms with E-state index < -0.39 is 10.0 Å². The molecule has 0 aliphatic carbocycles. The molecule has 0 aromatic heterocycles. The lowest BCUT2D eigenvalue weighted by atomic mass is 10.1. The van der Waals surface area contributed by atoms with Crippen LogP contribution in [0.4, 0.5) is 0 Å². The molecule has 0 saturated heterocycles. The number of hydrogen-bond donors (Lipinski definition) is 2. The Bertz CT molecular complexity index is 753. The number of ether oxygens (including phenoxy) is 2. The topological polar surface area (TPSA) is 92.3 Å². The molecule has 0 bridgehead atoms. The first-order valence-corrected chi connectivity index (χ1v) is 12.5. The van der Waals surface area contributed by atoms with E-state index >= 15 is 0 Å². The Morgan fingerprint density at radius 3 is 2.50 bits per heavy atom. The average molecular weight is 443 g/mol. The van der Waals surface area contributed by atoms with Gasteiger partial charge in [-0.1, -0.05) is 13.0 Å². The van der Waals surface area contributed by atoms with Crippen molar-refractivity contribution in [2.75, 3.05) is 52.7 Å². The molecule has 0 aliphatic heterocycles. The Morgan fingerprint density at radius 1 is 1.13 bits per heavy atom. The van der Waals surface area contributed by atoms with Gasteiger partial charge in [-0.15, -0.1) is 0 Å². The second kappa shape index (κ2) is 14.1. The number of methoxy groups -OCH3 is 1. The first kappa shape index (κ1) is 26.0. The highest BCUT2D eigenvalue weighted by atomic mass is 32.2. The van der Waals surface area contributed by atoms with E-state index in [0.717, 1.165) is 43.3 Å². The van der Waals surface area contributed by atoms with Crippen molar-refractivity contribution >= 4 is 16.0 Å². The molecule has 2 N–H and O–H groups in total. The van der Waals surface area contributed by atoms with Gasteiger partial charge in [0.25, 0.3) is 0 Å². The van der Waals surface area contributed by atoms with Crippen molar-refractivity contribution in [3.05, 3.63) is 23.8 Å². The van der Waals surface area contributed by atoms with E-state index in [0.29, 0.717) is 32.8 Å². The zero-order valence-corrected chi connectivity index (χ0v) is 19.8. The van der Waals surface area contributed by atoms with Gasteiger partial charge in [-0.25, -0.2) is 12.7 Å². The third-order valence-electron chi connectivity index (χ3n) is 4.46. The third-order valence-corrected chi connectivity index (χ3v) is 5.84. The minimum Gasteiger partial charge on any atom is -0.493 e. The number of sulfonamides is 1. The monoisotopic (exact) mass is 442 g/mol. The SMILES string of the molecule is CCNC(=NCCCc1ccc(OC)c(OCC)c1)NCCCN(CC)S(C)(=O)=O. The standard InChI is InChI=1S/C21H38N4O4S/c1-6-22-21(24-15-10-16-25(7-2)30(5,26)27)23-14-9-11-18-12-13-19(28-4)20(17-18)29-8-3/h12-13,17H,6-11,14-16H2,1-5H3,(H2,22,23,24). The summed E-state index contributed by atoms with van der Waals surface area (Å²) < 4.78 is 35.7. The molecule has 1 aromatic carbocycles. The smallest absolute Gasteiger partial charge is 0.211 e. The van der Waals surface area contributed by atoms with Crippen LogP contribution in [-0.2, 0) is 16.4 Å². The van der Waals surface area contributed by atoms with Gasteiger partial charge >= 0.3 is 0 Å². The maximum atomic E-state index is 11.6. The lowest BCUT2D eigenvalue weighted by Gasteiger charge is -2.18. The zero-order chi connectivity index (χ0) is 22.4. The summed E-state index contributed by atoms with van der Waals surface area (Å²) in [6.07, 6.45) is 3.77. The van der Waals surface area contributed by atoms with E-state index in [9.17, 15) is 8.42 Å². The van der Waals surface area contributed by atoms with Crippen LogP contribution < -0.4 is 20.1 Å². The molecule has 8 nitrogen and oxygen atoms in total. The van der Waals surface area contributed by atoms with E-state index in [1.54, 1.807) is 7.11 Å². The fourth-order valence-corrected chi connectivity index (χ4v) is 3.91. The van der Waals surface area contributed by atoms with Crippen LogP contribution in [0.15, 0.2) is 23.2 Å². The number of rotatable bonds is 14. The van der Waals surface area contributed by atoms with Gasteiger partial charge in [0.05, 0.1) is 20.0 Å². The van der Waals surface area contributed by atoms with Crippen molar-refractivity contribution < 1.29 is 17.9 Å². The van der Waals surface area contributed by atoms with Gasteiger partial charge in [-0.2, -0.15) is 0 Å². The van der Waals surface area contributed by atoms with Gasteiger partial charge < -0.3 is 20.1 Å². The van der Waals surface area contributed by atoms with Crippen LogP contribution in [0, 0.1) is 0 Å². The second-order valence-electron chi connectivity index (χ2n) is 6.82. The first-order valence-electron chi connectivity index (χ1n) is 10.6. The molecule has 0 saturated carbocycles. The molecule has 0 aliphatic rings. The van der Waals surface area contributed by atoms with Crippen LogP contribution in [-0.4, -0.2) is 71.4 Å². The Morgan fingerprint density at radius 2 is 1.90 bits per heavy atom. The number of benzene rings is 1. The van der Waals surface area contributed by atoms with E-state index in [2.05, 4.69) is 21.7 Å². The molecular weight excluding hydrogens is 404 g/mol. The summed E-state index contributed by atoms with van der Waals surface area (Å²) in [7, 11) is -1.50. The summed E-state index contributed by atoms with van der Waals surface area (Å²) in [6, 6.07) is 6.01. The number of hydrogen-bond acceptors (Lipinski definition) is 5. The van der Waals surface area contributed by atoms with E-state index in [-0.39, 0.29) is 0 Å². The molecule has 0 unspecified atom stereocenters. The molecular formula is C21H38N4O4S. The summed E-state index contributed by atoms with van der Waals surface area (Å²) in [4.78, 5) is 4.61. The van der Waals surface area contributed by atoms with Crippen molar-refractivity contribution in [3.63, 3.8) is 0 Å². The first-order chi connectivity index (χ1) is 14.3. The quantitative estimate of drug-likeness (QED) is 0.261. The van der Waals surface area contributed by atoms with Crippen molar-refractivity contribution in [1.29, 1.82) is 0 Å². The van der Waals surface area contributed by atoms with Crippen molar-refractivity contribution in [3.8, 4) is 11.5 Å². The molecule has 172 valence electrons. The van der Waals surface area contributed by atoms with Gasteiger partial charge in [0.15, 0.2) is 17.5 Å². The number of nitrogens with one attached hydrogen (secondary N) is 2. The predicted molar refractivity (Wildman–Crippen MR) is 123 cm³/mol. The molecule has 30 heavy (non-hydrogen) atoms. The molecule has 9 heteroatoms. The van der Waals surface area contributed by atoms with Crippen molar-refractivity contribution in [1.82, 2.24) is 14.9 Å². The third kappa shape index (κ3) is 9.67. The second-order valence-corrected chi connectivity index (χ2v) is 8.80. The molecule has 1 rings (SSSR count). The molecule has 1 aromatic rings. The highest BCUT2D eigenvalue weighted by Crippen LogP contribution is 2.28. The molecule has 0 fully saturated rings. The Labute approximate surface area is 182 Å². The Balaban J connectivity index is 2.48. The largest absolute Gasteiger partial charge is 0.493 e. The summed E-state index contributed by atoms with van der Waals surface area (Å²) in [5.74, 6) is 2.27. The highest BCUT2D eigenvalue weighted by Gasteiger charge is 2.13. The average Bonchev–Trinajstić information content (AvgIpc) is 2.70. The molecule has 0 atom stereocenters. The van der Waals surface area contributed by atoms with Crippen LogP contribution in [0.5, 0.6) is 11.5 Å². The maximum absolute atomic E-state index is 11.6. The van der Waals surface area contributed by atoms with Gasteiger partial charge in [-0.05, 0) is 50.8 Å². The molecule has 0 heterocycles. The fourth-order valence-electron chi connectivity index (χ4n) is 2.98. The predicted octanol–water partition coefficient (Wildman–Crippen LogP) is 2.25. The van der Waals surface area contributed by atoms with Gasteiger partial charge in [0, 0.05) is 32.7 Å². The normalized spacial score (nSPS) is 12.1. The summed E-state index contributed by atoms with van der Waals surface area (Å²) in [5, 5.41) is 6.50.